The summed E-state index contributed by atoms with van der Waals surface area (Å²) in [5, 5.41) is 7.93. The van der Waals surface area contributed by atoms with Crippen LogP contribution in [0.15, 0.2) is 60.7 Å². The molecule has 0 spiro atoms. The second-order valence-corrected chi connectivity index (χ2v) is 8.77. The number of hydrogen-bond acceptors (Lipinski definition) is 6. The Morgan fingerprint density at radius 1 is 1.06 bits per heavy atom. The third kappa shape index (κ3) is 4.28. The van der Waals surface area contributed by atoms with E-state index in [0.717, 1.165) is 28.1 Å². The second kappa shape index (κ2) is 9.31. The molecule has 2 amide bonds. The molecule has 180 valence electrons. The highest BCUT2D eigenvalue weighted by atomic mass is 16.5. The van der Waals surface area contributed by atoms with Crippen LogP contribution >= 0.6 is 0 Å². The Labute approximate surface area is 204 Å². The van der Waals surface area contributed by atoms with Gasteiger partial charge in [0.1, 0.15) is 11.5 Å². The van der Waals surface area contributed by atoms with Crippen LogP contribution in [0.2, 0.25) is 0 Å². The first-order valence-corrected chi connectivity index (χ1v) is 11.5. The molecule has 3 aromatic carbocycles. The number of carbonyl (C=O) groups is 2. The van der Waals surface area contributed by atoms with Crippen LogP contribution in [-0.2, 0) is 11.3 Å². The van der Waals surface area contributed by atoms with Gasteiger partial charge < -0.3 is 20.1 Å². The van der Waals surface area contributed by atoms with E-state index in [0.29, 0.717) is 30.2 Å². The number of hydrogen-bond donors (Lipinski definition) is 3. The summed E-state index contributed by atoms with van der Waals surface area (Å²) in [5.41, 5.74) is 8.50. The van der Waals surface area contributed by atoms with E-state index in [1.54, 1.807) is 31.4 Å². The van der Waals surface area contributed by atoms with E-state index in [-0.39, 0.29) is 23.8 Å². The standard InChI is InChI=1S/C27H28N4O4/c1-16-4-8-19(9-5-16)31-27(33)22-15-28-23-11-7-17(12-21(23)25(22)30-31)26(32)29-14-18-6-10-20(34-2)13-24(18)35-3/h4-13,22,25,28,30H,14-15H2,1-3H3,(H,29,32). The molecule has 3 aromatic rings. The van der Waals surface area contributed by atoms with E-state index in [4.69, 9.17) is 9.47 Å². The lowest BCUT2D eigenvalue weighted by atomic mass is 9.88. The van der Waals surface area contributed by atoms with Crippen molar-refractivity contribution in [1.82, 2.24) is 10.7 Å². The smallest absolute Gasteiger partial charge is 0.251 e. The van der Waals surface area contributed by atoms with Crippen molar-refractivity contribution in [2.45, 2.75) is 19.5 Å². The number of amides is 2. The van der Waals surface area contributed by atoms with Crippen LogP contribution in [0.3, 0.4) is 0 Å². The minimum atomic E-state index is -0.259. The summed E-state index contributed by atoms with van der Waals surface area (Å²) in [4.78, 5) is 26.1. The summed E-state index contributed by atoms with van der Waals surface area (Å²) in [5.74, 6) is 0.885. The zero-order valence-electron chi connectivity index (χ0n) is 19.9. The number of carbonyl (C=O) groups excluding carboxylic acids is 2. The molecule has 0 aromatic heterocycles. The third-order valence-electron chi connectivity index (χ3n) is 6.60. The third-order valence-corrected chi connectivity index (χ3v) is 6.60. The Morgan fingerprint density at radius 3 is 2.60 bits per heavy atom. The normalized spacial score (nSPS) is 18.4. The number of nitrogens with zero attached hydrogens (tertiary/aromatic N) is 1. The lowest BCUT2D eigenvalue weighted by Crippen LogP contribution is -2.35. The predicted molar refractivity (Wildman–Crippen MR) is 134 cm³/mol. The van der Waals surface area contributed by atoms with Crippen molar-refractivity contribution in [3.05, 3.63) is 82.9 Å². The average molecular weight is 473 g/mol. The maximum absolute atomic E-state index is 13.1. The van der Waals surface area contributed by atoms with Gasteiger partial charge in [0.2, 0.25) is 5.91 Å². The molecule has 3 N–H and O–H groups in total. The van der Waals surface area contributed by atoms with Gasteiger partial charge in [0.15, 0.2) is 0 Å². The van der Waals surface area contributed by atoms with Crippen LogP contribution in [0.1, 0.15) is 33.1 Å². The van der Waals surface area contributed by atoms with Gasteiger partial charge >= 0.3 is 0 Å². The number of anilines is 2. The van der Waals surface area contributed by atoms with Gasteiger partial charge in [0.25, 0.3) is 5.91 Å². The molecule has 1 fully saturated rings. The molecule has 2 aliphatic rings. The van der Waals surface area contributed by atoms with Gasteiger partial charge in [-0.25, -0.2) is 10.4 Å². The van der Waals surface area contributed by atoms with Crippen LogP contribution in [0.4, 0.5) is 11.4 Å². The van der Waals surface area contributed by atoms with E-state index in [1.165, 1.54) is 0 Å². The van der Waals surface area contributed by atoms with Gasteiger partial charge in [-0.3, -0.25) is 9.59 Å². The number of benzene rings is 3. The van der Waals surface area contributed by atoms with Gasteiger partial charge in [0, 0.05) is 36.0 Å². The first-order chi connectivity index (χ1) is 17.0. The molecule has 35 heavy (non-hydrogen) atoms. The zero-order valence-corrected chi connectivity index (χ0v) is 19.9. The van der Waals surface area contributed by atoms with Crippen molar-refractivity contribution >= 4 is 23.2 Å². The number of rotatable bonds is 6. The lowest BCUT2D eigenvalue weighted by Gasteiger charge is -2.27. The molecule has 8 nitrogen and oxygen atoms in total. The second-order valence-electron chi connectivity index (χ2n) is 8.77. The molecule has 0 aliphatic carbocycles. The number of nitrogens with one attached hydrogen (secondary N) is 3. The summed E-state index contributed by atoms with van der Waals surface area (Å²) in [6.45, 7) is 2.86. The fourth-order valence-electron chi connectivity index (χ4n) is 4.61. The van der Waals surface area contributed by atoms with Gasteiger partial charge in [0.05, 0.1) is 31.9 Å². The molecule has 5 rings (SSSR count). The van der Waals surface area contributed by atoms with Gasteiger partial charge in [-0.05, 0) is 55.0 Å². The Bertz CT molecular complexity index is 1270. The Morgan fingerprint density at radius 2 is 1.86 bits per heavy atom. The number of aryl methyl sites for hydroxylation is 1. The first-order valence-electron chi connectivity index (χ1n) is 11.5. The Balaban J connectivity index is 1.34. The largest absolute Gasteiger partial charge is 0.497 e. The molecule has 2 heterocycles. The minimum absolute atomic E-state index is 0.0125. The minimum Gasteiger partial charge on any atom is -0.497 e. The zero-order chi connectivity index (χ0) is 24.5. The predicted octanol–water partition coefficient (Wildman–Crippen LogP) is 3.58. The molecule has 0 radical (unpaired) electrons. The SMILES string of the molecule is COc1ccc(CNC(=O)c2ccc3c(c2)C2NN(c4ccc(C)cc4)C(=O)C2CN3)c(OC)c1. The molecule has 2 unspecified atom stereocenters. The Hall–Kier alpha value is -4.04. The molecule has 2 atom stereocenters. The maximum atomic E-state index is 13.1. The van der Waals surface area contributed by atoms with Crippen molar-refractivity contribution in [2.24, 2.45) is 5.92 Å². The number of hydrazine groups is 1. The van der Waals surface area contributed by atoms with Crippen molar-refractivity contribution < 1.29 is 19.1 Å². The molecule has 1 saturated heterocycles. The van der Waals surface area contributed by atoms with Crippen molar-refractivity contribution in [2.75, 3.05) is 31.1 Å². The van der Waals surface area contributed by atoms with Crippen molar-refractivity contribution in [1.29, 1.82) is 0 Å². The van der Waals surface area contributed by atoms with Gasteiger partial charge in [-0.15, -0.1) is 0 Å². The van der Waals surface area contributed by atoms with E-state index in [2.05, 4.69) is 16.1 Å². The lowest BCUT2D eigenvalue weighted by molar-refractivity contribution is -0.120. The Kier molecular flexibility index (Phi) is 6.05. The topological polar surface area (TPSA) is 91.9 Å². The first kappa shape index (κ1) is 22.7. The molecule has 0 bridgehead atoms. The van der Waals surface area contributed by atoms with Gasteiger partial charge in [-0.2, -0.15) is 0 Å². The quantitative estimate of drug-likeness (QED) is 0.508. The highest BCUT2D eigenvalue weighted by Gasteiger charge is 2.44. The van der Waals surface area contributed by atoms with Crippen molar-refractivity contribution in [3.8, 4) is 11.5 Å². The summed E-state index contributed by atoms with van der Waals surface area (Å²) >= 11 is 0. The summed E-state index contributed by atoms with van der Waals surface area (Å²) in [6.07, 6.45) is 0. The molecule has 2 aliphatic heterocycles. The van der Waals surface area contributed by atoms with E-state index < -0.39 is 0 Å². The molecular weight excluding hydrogens is 444 g/mol. The molecular formula is C27H28N4O4. The summed E-state index contributed by atoms with van der Waals surface area (Å²) in [6, 6.07) is 18.7. The van der Waals surface area contributed by atoms with Crippen LogP contribution < -0.4 is 30.5 Å². The summed E-state index contributed by atoms with van der Waals surface area (Å²) < 4.78 is 10.7. The van der Waals surface area contributed by atoms with E-state index in [1.807, 2.05) is 55.5 Å². The van der Waals surface area contributed by atoms with Gasteiger partial charge in [-0.1, -0.05) is 17.7 Å². The number of fused-ring (bicyclic) bond motifs is 3. The van der Waals surface area contributed by atoms with Crippen LogP contribution in [-0.4, -0.2) is 32.6 Å². The maximum Gasteiger partial charge on any atom is 0.251 e. The summed E-state index contributed by atoms with van der Waals surface area (Å²) in [7, 11) is 3.18. The van der Waals surface area contributed by atoms with Crippen LogP contribution in [0.25, 0.3) is 0 Å². The van der Waals surface area contributed by atoms with E-state index in [9.17, 15) is 9.59 Å². The van der Waals surface area contributed by atoms with Crippen molar-refractivity contribution in [3.63, 3.8) is 0 Å². The van der Waals surface area contributed by atoms with E-state index >= 15 is 0 Å². The highest BCUT2D eigenvalue weighted by molar-refractivity contribution is 5.99. The monoisotopic (exact) mass is 472 g/mol. The van der Waals surface area contributed by atoms with Crippen LogP contribution in [0.5, 0.6) is 11.5 Å². The number of methoxy groups -OCH3 is 2. The fourth-order valence-corrected chi connectivity index (χ4v) is 4.61. The fraction of sp³-hybridized carbons (Fsp3) is 0.259. The number of ether oxygens (including phenoxy) is 2. The molecule has 8 heteroatoms. The molecule has 0 saturated carbocycles. The highest BCUT2D eigenvalue weighted by Crippen LogP contribution is 2.40. The van der Waals surface area contributed by atoms with Crippen LogP contribution in [0, 0.1) is 12.8 Å². The average Bonchev–Trinajstić information content (AvgIpc) is 3.24.